The monoisotopic (exact) mass is 238 g/mol. The van der Waals surface area contributed by atoms with Crippen molar-refractivity contribution in [1.29, 1.82) is 0 Å². The Hall–Kier alpha value is -0.870. The molecule has 0 aliphatic carbocycles. The van der Waals surface area contributed by atoms with Gasteiger partial charge in [0.15, 0.2) is 0 Å². The van der Waals surface area contributed by atoms with Gasteiger partial charge in [-0.3, -0.25) is 4.68 Å². The standard InChI is InChI=1S/C13H26N4/c1-7-13(2,16(4)5)12(14-3)10-11-8-9-17(6)15-11/h8-9,12,14H,7,10H2,1-6H3. The molecule has 1 aromatic heterocycles. The van der Waals surface area contributed by atoms with E-state index >= 15 is 0 Å². The van der Waals surface area contributed by atoms with E-state index in [1.807, 2.05) is 25.0 Å². The second kappa shape index (κ2) is 5.65. The molecule has 1 heterocycles. The van der Waals surface area contributed by atoms with E-state index in [2.05, 4.69) is 49.3 Å². The molecule has 98 valence electrons. The van der Waals surface area contributed by atoms with Crippen molar-refractivity contribution < 1.29 is 0 Å². The minimum Gasteiger partial charge on any atom is -0.315 e. The summed E-state index contributed by atoms with van der Waals surface area (Å²) in [5, 5.41) is 7.91. The van der Waals surface area contributed by atoms with Gasteiger partial charge in [-0.05, 0) is 40.6 Å². The molecule has 2 atom stereocenters. The average Bonchev–Trinajstić information content (AvgIpc) is 2.70. The minimum atomic E-state index is 0.145. The summed E-state index contributed by atoms with van der Waals surface area (Å²) in [6.07, 6.45) is 4.07. The highest BCUT2D eigenvalue weighted by Crippen LogP contribution is 2.23. The first-order valence-corrected chi connectivity index (χ1v) is 6.27. The smallest absolute Gasteiger partial charge is 0.0640 e. The van der Waals surface area contributed by atoms with Gasteiger partial charge in [0.25, 0.3) is 0 Å². The van der Waals surface area contributed by atoms with Crippen LogP contribution in [0.4, 0.5) is 0 Å². The fourth-order valence-electron chi connectivity index (χ4n) is 2.29. The van der Waals surface area contributed by atoms with Gasteiger partial charge in [-0.15, -0.1) is 0 Å². The summed E-state index contributed by atoms with van der Waals surface area (Å²) in [6.45, 7) is 4.54. The van der Waals surface area contributed by atoms with Gasteiger partial charge in [-0.25, -0.2) is 0 Å². The molecule has 0 bridgehead atoms. The van der Waals surface area contributed by atoms with E-state index in [9.17, 15) is 0 Å². The van der Waals surface area contributed by atoms with E-state index in [4.69, 9.17) is 0 Å². The Labute approximate surface area is 105 Å². The third kappa shape index (κ3) is 3.07. The van der Waals surface area contributed by atoms with Crippen LogP contribution in [0.3, 0.4) is 0 Å². The molecule has 0 fully saturated rings. The van der Waals surface area contributed by atoms with Crippen LogP contribution < -0.4 is 5.32 Å². The van der Waals surface area contributed by atoms with Crippen LogP contribution in [0.15, 0.2) is 12.3 Å². The van der Waals surface area contributed by atoms with Crippen molar-refractivity contribution in [3.63, 3.8) is 0 Å². The van der Waals surface area contributed by atoms with Crippen molar-refractivity contribution in [3.05, 3.63) is 18.0 Å². The maximum atomic E-state index is 4.46. The number of nitrogens with zero attached hydrogens (tertiary/aromatic N) is 3. The zero-order valence-electron chi connectivity index (χ0n) is 12.0. The van der Waals surface area contributed by atoms with E-state index < -0.39 is 0 Å². The lowest BCUT2D eigenvalue weighted by Gasteiger charge is -2.42. The number of aryl methyl sites for hydroxylation is 1. The van der Waals surface area contributed by atoms with Gasteiger partial charge in [-0.2, -0.15) is 5.10 Å². The molecule has 0 aliphatic heterocycles. The Bertz CT molecular complexity index is 345. The molecular formula is C13H26N4. The fourth-order valence-corrected chi connectivity index (χ4v) is 2.29. The highest BCUT2D eigenvalue weighted by molar-refractivity contribution is 5.06. The molecule has 0 radical (unpaired) electrons. The van der Waals surface area contributed by atoms with Gasteiger partial charge >= 0.3 is 0 Å². The van der Waals surface area contributed by atoms with Crippen LogP contribution in [0.2, 0.25) is 0 Å². The lowest BCUT2D eigenvalue weighted by atomic mass is 9.85. The molecule has 4 nitrogen and oxygen atoms in total. The first kappa shape index (κ1) is 14.2. The van der Waals surface area contributed by atoms with E-state index in [1.54, 1.807) is 0 Å². The lowest BCUT2D eigenvalue weighted by Crippen LogP contribution is -2.57. The third-order valence-electron chi connectivity index (χ3n) is 4.02. The second-order valence-electron chi connectivity index (χ2n) is 5.13. The van der Waals surface area contributed by atoms with Crippen molar-refractivity contribution in [1.82, 2.24) is 20.0 Å². The normalized spacial score (nSPS) is 17.1. The number of rotatable bonds is 6. The lowest BCUT2D eigenvalue weighted by molar-refractivity contribution is 0.116. The molecule has 0 amide bonds. The molecule has 1 rings (SSSR count). The van der Waals surface area contributed by atoms with Crippen molar-refractivity contribution in [3.8, 4) is 0 Å². The number of aromatic nitrogens is 2. The molecule has 4 heteroatoms. The molecule has 1 aromatic rings. The molecule has 0 saturated carbocycles. The van der Waals surface area contributed by atoms with Crippen LogP contribution in [0.1, 0.15) is 26.0 Å². The predicted molar refractivity (Wildman–Crippen MR) is 72.1 cm³/mol. The van der Waals surface area contributed by atoms with Crippen LogP contribution in [0.25, 0.3) is 0 Å². The van der Waals surface area contributed by atoms with Crippen molar-refractivity contribution in [2.45, 2.75) is 38.3 Å². The summed E-state index contributed by atoms with van der Waals surface area (Å²) in [7, 11) is 8.28. The van der Waals surface area contributed by atoms with Gasteiger partial charge in [0.05, 0.1) is 5.69 Å². The van der Waals surface area contributed by atoms with Crippen molar-refractivity contribution >= 4 is 0 Å². The quantitative estimate of drug-likeness (QED) is 0.810. The zero-order valence-corrected chi connectivity index (χ0v) is 12.0. The van der Waals surface area contributed by atoms with Gasteiger partial charge in [0.2, 0.25) is 0 Å². The van der Waals surface area contributed by atoms with E-state index in [1.165, 1.54) is 0 Å². The average molecular weight is 238 g/mol. The number of nitrogens with one attached hydrogen (secondary N) is 1. The van der Waals surface area contributed by atoms with Crippen LogP contribution in [0.5, 0.6) is 0 Å². The topological polar surface area (TPSA) is 33.1 Å². The molecule has 0 saturated heterocycles. The third-order valence-corrected chi connectivity index (χ3v) is 4.02. The Morgan fingerprint density at radius 1 is 1.53 bits per heavy atom. The summed E-state index contributed by atoms with van der Waals surface area (Å²) < 4.78 is 1.86. The molecule has 0 spiro atoms. The highest BCUT2D eigenvalue weighted by Gasteiger charge is 2.34. The van der Waals surface area contributed by atoms with E-state index in [0.717, 1.165) is 18.5 Å². The first-order chi connectivity index (χ1) is 7.93. The molecule has 2 unspecified atom stereocenters. The van der Waals surface area contributed by atoms with Crippen LogP contribution >= 0.6 is 0 Å². The molecule has 0 aliphatic rings. The number of hydrogen-bond donors (Lipinski definition) is 1. The summed E-state index contributed by atoms with van der Waals surface area (Å²) in [5.41, 5.74) is 1.29. The number of likely N-dealkylation sites (N-methyl/N-ethyl adjacent to an activating group) is 2. The van der Waals surface area contributed by atoms with Gasteiger partial charge in [-0.1, -0.05) is 6.92 Å². The first-order valence-electron chi connectivity index (χ1n) is 6.27. The highest BCUT2D eigenvalue weighted by atomic mass is 15.3. The van der Waals surface area contributed by atoms with Gasteiger partial charge in [0, 0.05) is 31.2 Å². The van der Waals surface area contributed by atoms with E-state index in [0.29, 0.717) is 6.04 Å². The second-order valence-corrected chi connectivity index (χ2v) is 5.13. The molecule has 0 aromatic carbocycles. The van der Waals surface area contributed by atoms with Crippen LogP contribution in [0, 0.1) is 0 Å². The predicted octanol–water partition coefficient (Wildman–Crippen LogP) is 1.28. The fraction of sp³-hybridized carbons (Fsp3) is 0.769. The Morgan fingerprint density at radius 3 is 2.53 bits per heavy atom. The Balaban J connectivity index is 2.83. The molecule has 1 N–H and O–H groups in total. The Morgan fingerprint density at radius 2 is 2.18 bits per heavy atom. The Kier molecular flexibility index (Phi) is 4.71. The summed E-state index contributed by atoms with van der Waals surface area (Å²) in [4.78, 5) is 2.30. The molecular weight excluding hydrogens is 212 g/mol. The van der Waals surface area contributed by atoms with Crippen molar-refractivity contribution in [2.75, 3.05) is 21.1 Å². The largest absolute Gasteiger partial charge is 0.315 e. The van der Waals surface area contributed by atoms with E-state index in [-0.39, 0.29) is 5.54 Å². The van der Waals surface area contributed by atoms with Crippen LogP contribution in [-0.2, 0) is 13.5 Å². The zero-order chi connectivity index (χ0) is 13.1. The van der Waals surface area contributed by atoms with Crippen LogP contribution in [-0.4, -0.2) is 47.4 Å². The van der Waals surface area contributed by atoms with Gasteiger partial charge < -0.3 is 10.2 Å². The summed E-state index contributed by atoms with van der Waals surface area (Å²) in [5.74, 6) is 0. The van der Waals surface area contributed by atoms with Gasteiger partial charge in [0.1, 0.15) is 0 Å². The molecule has 17 heavy (non-hydrogen) atoms. The minimum absolute atomic E-state index is 0.145. The summed E-state index contributed by atoms with van der Waals surface area (Å²) in [6, 6.07) is 2.49. The maximum Gasteiger partial charge on any atom is 0.0640 e. The maximum absolute atomic E-state index is 4.46. The number of hydrogen-bond acceptors (Lipinski definition) is 3. The van der Waals surface area contributed by atoms with Crippen molar-refractivity contribution in [2.24, 2.45) is 7.05 Å². The SMILES string of the molecule is CCC(C)(C(Cc1ccn(C)n1)NC)N(C)C. The summed E-state index contributed by atoms with van der Waals surface area (Å²) >= 11 is 0.